The lowest BCUT2D eigenvalue weighted by Gasteiger charge is -2.21. The van der Waals surface area contributed by atoms with E-state index >= 15 is 0 Å². The molecule has 3 aliphatic heterocycles. The van der Waals surface area contributed by atoms with Crippen LogP contribution in [0.3, 0.4) is 0 Å². The van der Waals surface area contributed by atoms with Crippen molar-refractivity contribution in [2.24, 2.45) is 0 Å². The second-order valence-corrected chi connectivity index (χ2v) is 31.9. The molecule has 0 aliphatic carbocycles. The summed E-state index contributed by atoms with van der Waals surface area (Å²) in [4.78, 5) is 11.3. The van der Waals surface area contributed by atoms with E-state index < -0.39 is 61.4 Å². The number of hydrogen-bond acceptors (Lipinski definition) is 14. The largest absolute Gasteiger partial charge is 0.392 e. The Balaban J connectivity index is 0.000000273. The van der Waals surface area contributed by atoms with Crippen LogP contribution in [0.5, 0.6) is 0 Å². The molecule has 3 fully saturated rings. The lowest BCUT2D eigenvalue weighted by Crippen LogP contribution is -2.31. The number of β-amino-alcohol motifs (C(OH)–C–C–N with tert-alkyl or cyclic N) is 1. The molecule has 3 aromatic carbocycles. The third-order valence-electron chi connectivity index (χ3n) is 12.1. The SMILES string of the molecule is CC(C)(C)c1ccc(S(=O)(=O)N2CCC(n3ccnc3)C2)cc1.CC(C)(C)c1ccc(S(=O)(=O)N2CC[C@H](O)C2)cc1.CC(C)(C)c1ccc(S(=O)(=O)N2CC[C@H](OS(C)(=O)=O)C2)cc1.CS(=O)(=O)Cl.[B].c1c[nH]cn1. The van der Waals surface area contributed by atoms with Crippen LogP contribution in [0.2, 0.25) is 0 Å². The van der Waals surface area contributed by atoms with Crippen LogP contribution in [0.4, 0.5) is 0 Å². The summed E-state index contributed by atoms with van der Waals surface area (Å²) in [6, 6.07) is 21.3. The highest BCUT2D eigenvalue weighted by Gasteiger charge is 2.36. The van der Waals surface area contributed by atoms with Gasteiger partial charge in [-0.05, 0) is 88.6 Å². The fourth-order valence-corrected chi connectivity index (χ4v) is 13.0. The number of nitrogens with one attached hydrogen (secondary N) is 1. The van der Waals surface area contributed by atoms with Gasteiger partial charge >= 0.3 is 0 Å². The second kappa shape index (κ2) is 26.8. The normalized spacial score (nSPS) is 19.1. The van der Waals surface area contributed by atoms with E-state index in [4.69, 9.17) is 4.18 Å². The first kappa shape index (κ1) is 66.3. The first-order chi connectivity index (χ1) is 34.4. The molecule has 19 nitrogen and oxygen atoms in total. The molecule has 0 bridgehead atoms. The van der Waals surface area contributed by atoms with Gasteiger partial charge in [-0.2, -0.15) is 21.3 Å². The highest BCUT2D eigenvalue weighted by atomic mass is 35.7. The summed E-state index contributed by atoms with van der Waals surface area (Å²) in [6.07, 6.45) is 12.9. The molecule has 0 amide bonds. The van der Waals surface area contributed by atoms with Crippen LogP contribution >= 0.6 is 10.7 Å². The molecular weight excluding hydrogens is 1100 g/mol. The maximum atomic E-state index is 12.8. The van der Waals surface area contributed by atoms with Gasteiger partial charge in [0, 0.05) is 89.2 Å². The number of aromatic nitrogens is 4. The van der Waals surface area contributed by atoms with Crippen molar-refractivity contribution in [3.8, 4) is 0 Å². The maximum Gasteiger partial charge on any atom is 0.264 e. The minimum absolute atomic E-state index is 0. The molecule has 26 heteroatoms. The van der Waals surface area contributed by atoms with Gasteiger partial charge in [0.25, 0.3) is 10.1 Å². The molecule has 2 N–H and O–H groups in total. The zero-order valence-electron chi connectivity index (χ0n) is 45.1. The number of aromatic amines is 1. The summed E-state index contributed by atoms with van der Waals surface area (Å²) in [5.74, 6) is 0. The summed E-state index contributed by atoms with van der Waals surface area (Å²) >= 11 is 0. The summed E-state index contributed by atoms with van der Waals surface area (Å²) < 4.78 is 128. The molecule has 1 unspecified atom stereocenters. The molecule has 5 aromatic rings. The number of imidazole rings is 2. The zero-order valence-corrected chi connectivity index (χ0v) is 49.9. The minimum Gasteiger partial charge on any atom is -0.392 e. The second-order valence-electron chi connectivity index (χ2n) is 21.5. The molecule has 3 atom stereocenters. The number of halogens is 1. The van der Waals surface area contributed by atoms with Crippen molar-refractivity contribution in [3.63, 3.8) is 0 Å². The van der Waals surface area contributed by atoms with Crippen molar-refractivity contribution in [3.05, 3.63) is 127 Å². The van der Waals surface area contributed by atoms with E-state index in [0.29, 0.717) is 42.3 Å². The maximum absolute atomic E-state index is 12.8. The van der Waals surface area contributed by atoms with Crippen LogP contribution in [0.15, 0.2) is 125 Å². The van der Waals surface area contributed by atoms with Crippen LogP contribution in [-0.2, 0) is 69.7 Å². The molecule has 2 aromatic heterocycles. The topological polar surface area (TPSA) is 256 Å². The smallest absolute Gasteiger partial charge is 0.264 e. The Kier molecular flexibility index (Phi) is 23.3. The lowest BCUT2D eigenvalue weighted by atomic mass is 9.87. The van der Waals surface area contributed by atoms with E-state index in [1.807, 2.05) is 47.2 Å². The van der Waals surface area contributed by atoms with Crippen LogP contribution in [0.1, 0.15) is 104 Å². The highest BCUT2D eigenvalue weighted by molar-refractivity contribution is 8.13. The Morgan fingerprint density at radius 2 is 0.947 bits per heavy atom. The average Bonchev–Trinajstić information content (AvgIpc) is 4.16. The third kappa shape index (κ3) is 20.3. The minimum atomic E-state index is -3.63. The van der Waals surface area contributed by atoms with E-state index in [1.54, 1.807) is 71.9 Å². The van der Waals surface area contributed by atoms with Crippen molar-refractivity contribution >= 4 is 68.3 Å². The monoisotopic (exact) mass is 1170 g/mol. The van der Waals surface area contributed by atoms with E-state index in [0.717, 1.165) is 35.6 Å². The number of nitrogens with zero attached hydrogens (tertiary/aromatic N) is 6. The molecule has 3 aliphatic rings. The summed E-state index contributed by atoms with van der Waals surface area (Å²) in [7, 11) is -12.8. The van der Waals surface area contributed by atoms with Gasteiger partial charge in [-0.3, -0.25) is 4.18 Å². The van der Waals surface area contributed by atoms with Gasteiger partial charge in [-0.15, -0.1) is 0 Å². The molecule has 3 saturated heterocycles. The molecule has 3 radical (unpaired) electrons. The van der Waals surface area contributed by atoms with Gasteiger partial charge in [0.1, 0.15) is 0 Å². The summed E-state index contributed by atoms with van der Waals surface area (Å²) in [5.41, 5.74) is 3.26. The number of aliphatic hydroxyl groups excluding tert-OH is 1. The van der Waals surface area contributed by atoms with Crippen molar-refractivity contribution in [1.29, 1.82) is 0 Å². The van der Waals surface area contributed by atoms with Gasteiger partial charge in [0.05, 0.1) is 52.1 Å². The van der Waals surface area contributed by atoms with Crippen LogP contribution in [0.25, 0.3) is 0 Å². The zero-order chi connectivity index (χ0) is 56.4. The standard InChI is InChI=1S/C17H23N3O2S.C15H23NO5S2.C14H21NO3S.C3H4N2.CH3ClO2S.B/c1-17(2,3)14-4-6-16(7-5-14)23(21,22)20-10-8-15(12-20)19-11-9-18-13-19;1-15(2,3)12-5-7-14(8-6-12)23(19,20)16-10-9-13(11-16)21-22(4,17)18;1-14(2,3)11-4-6-13(7-5-11)19(17,18)15-9-8-12(16)10-15;1-2-5-3-4-1;1-5(2,3)4;/h4-7,9,11,13,15H,8,10,12H2,1-3H3;5-8,13H,9-11H2,1-4H3;4-7,12,16H,8-10H2,1-3H3;1-3H,(H,4,5);1H3;/t;13-;12-;;;/m.00.../s1. The highest BCUT2D eigenvalue weighted by Crippen LogP contribution is 2.31. The summed E-state index contributed by atoms with van der Waals surface area (Å²) in [5, 5.41) is 9.45. The van der Waals surface area contributed by atoms with E-state index in [1.165, 1.54) is 8.61 Å². The molecular formula is C50H74BClN7O12S5. The van der Waals surface area contributed by atoms with Crippen molar-refractivity contribution in [2.75, 3.05) is 51.8 Å². The van der Waals surface area contributed by atoms with Crippen LogP contribution in [0, 0.1) is 0 Å². The van der Waals surface area contributed by atoms with Crippen molar-refractivity contribution < 1.29 is 51.4 Å². The molecule has 0 spiro atoms. The third-order valence-corrected chi connectivity index (χ3v) is 18.4. The van der Waals surface area contributed by atoms with Gasteiger partial charge in [0.15, 0.2) is 0 Å². The summed E-state index contributed by atoms with van der Waals surface area (Å²) in [6.45, 7) is 20.7. The number of aliphatic hydroxyl groups is 1. The molecule has 8 rings (SSSR count). The quantitative estimate of drug-likeness (QED) is 0.0909. The van der Waals surface area contributed by atoms with Crippen LogP contribution < -0.4 is 0 Å². The Bertz CT molecular complexity index is 3130. The molecule has 0 saturated carbocycles. The van der Waals surface area contributed by atoms with Gasteiger partial charge in [-0.1, -0.05) is 98.7 Å². The predicted molar refractivity (Wildman–Crippen MR) is 298 cm³/mol. The molecule has 76 heavy (non-hydrogen) atoms. The average molecular weight is 1170 g/mol. The van der Waals surface area contributed by atoms with Crippen molar-refractivity contribution in [2.45, 2.75) is 131 Å². The van der Waals surface area contributed by atoms with E-state index in [2.05, 4.69) is 87.9 Å². The van der Waals surface area contributed by atoms with Crippen molar-refractivity contribution in [1.82, 2.24) is 32.4 Å². The number of H-pyrrole nitrogens is 1. The number of hydrogen-bond donors (Lipinski definition) is 2. The Morgan fingerprint density at radius 1 is 0.566 bits per heavy atom. The number of sulfonamides is 3. The van der Waals surface area contributed by atoms with E-state index in [-0.39, 0.29) is 55.2 Å². The Labute approximate surface area is 458 Å². The molecule has 421 valence electrons. The Morgan fingerprint density at radius 3 is 1.25 bits per heavy atom. The number of rotatable bonds is 9. The fraction of sp³-hybridized carbons (Fsp3) is 0.520. The fourth-order valence-electron chi connectivity index (χ4n) is 7.87. The van der Waals surface area contributed by atoms with Gasteiger partial charge in [-0.25, -0.2) is 43.6 Å². The molecule has 5 heterocycles. The lowest BCUT2D eigenvalue weighted by molar-refractivity contribution is 0.189. The van der Waals surface area contributed by atoms with Gasteiger partial charge in [0.2, 0.25) is 39.1 Å². The van der Waals surface area contributed by atoms with E-state index in [9.17, 15) is 47.2 Å². The Hall–Kier alpha value is -4.02. The number of benzene rings is 3. The first-order valence-corrected chi connectivity index (χ1v) is 32.9. The van der Waals surface area contributed by atoms with Gasteiger partial charge < -0.3 is 14.7 Å². The predicted octanol–water partition coefficient (Wildman–Crippen LogP) is 6.49. The van der Waals surface area contributed by atoms with Crippen LogP contribution in [-0.4, -0.2) is 152 Å². The first-order valence-electron chi connectivity index (χ1n) is 24.1.